The lowest BCUT2D eigenvalue weighted by molar-refractivity contribution is 0.398. The molecule has 0 aliphatic heterocycles. The number of benzene rings is 1. The van der Waals surface area contributed by atoms with E-state index in [0.29, 0.717) is 32.9 Å². The number of rotatable bonds is 2. The molecule has 2 rings (SSSR count). The Balaban J connectivity index is 2.66. The van der Waals surface area contributed by atoms with Gasteiger partial charge in [-0.15, -0.1) is 5.10 Å². The summed E-state index contributed by atoms with van der Waals surface area (Å²) >= 11 is 12.0. The minimum absolute atomic E-state index is 0.390. The number of halogens is 2. The first-order chi connectivity index (χ1) is 7.63. The van der Waals surface area contributed by atoms with E-state index in [1.165, 1.54) is 7.11 Å². The Morgan fingerprint density at radius 3 is 2.81 bits per heavy atom. The zero-order valence-electron chi connectivity index (χ0n) is 8.42. The molecule has 0 aliphatic carbocycles. The summed E-state index contributed by atoms with van der Waals surface area (Å²) in [4.78, 5) is 0. The molecular weight excluding hydrogens is 249 g/mol. The molecular formula is C10H9Cl2N3O. The van der Waals surface area contributed by atoms with Gasteiger partial charge in [0.15, 0.2) is 0 Å². The first-order valence-electron chi connectivity index (χ1n) is 4.46. The second-order valence-electron chi connectivity index (χ2n) is 3.15. The molecule has 0 unspecified atom stereocenters. The van der Waals surface area contributed by atoms with Gasteiger partial charge in [-0.3, -0.25) is 5.10 Å². The number of methoxy groups -OCH3 is 1. The first kappa shape index (κ1) is 11.1. The molecule has 0 radical (unpaired) electrons. The summed E-state index contributed by atoms with van der Waals surface area (Å²) in [5.74, 6) is 0.780. The number of H-pyrrole nitrogens is 1. The number of hydrogen-bond acceptors (Lipinski definition) is 3. The molecule has 0 atom stereocenters. The number of nitrogens with one attached hydrogen (secondary N) is 1. The van der Waals surface area contributed by atoms with Crippen molar-refractivity contribution in [1.82, 2.24) is 10.2 Å². The maximum Gasteiger partial charge on any atom is 0.242 e. The molecule has 0 amide bonds. The van der Waals surface area contributed by atoms with Crippen LogP contribution < -0.4 is 10.5 Å². The van der Waals surface area contributed by atoms with Crippen molar-refractivity contribution in [1.29, 1.82) is 0 Å². The van der Waals surface area contributed by atoms with Gasteiger partial charge in [0, 0.05) is 15.6 Å². The zero-order valence-corrected chi connectivity index (χ0v) is 9.93. The molecule has 1 aromatic carbocycles. The monoisotopic (exact) mass is 257 g/mol. The average Bonchev–Trinajstić information content (AvgIpc) is 2.63. The SMILES string of the molecule is COc1n[nH]c(N)c1-c1cc(Cl)ccc1Cl. The molecule has 0 saturated carbocycles. The van der Waals surface area contributed by atoms with Crippen molar-refractivity contribution in [3.05, 3.63) is 28.2 Å². The van der Waals surface area contributed by atoms with Gasteiger partial charge in [0.2, 0.25) is 5.88 Å². The van der Waals surface area contributed by atoms with Crippen LogP contribution in [-0.2, 0) is 0 Å². The van der Waals surface area contributed by atoms with E-state index in [9.17, 15) is 0 Å². The van der Waals surface area contributed by atoms with Gasteiger partial charge in [-0.05, 0) is 18.2 Å². The van der Waals surface area contributed by atoms with Crippen molar-refractivity contribution in [2.75, 3.05) is 12.8 Å². The van der Waals surface area contributed by atoms with Crippen molar-refractivity contribution >= 4 is 29.0 Å². The molecule has 84 valence electrons. The highest BCUT2D eigenvalue weighted by molar-refractivity contribution is 6.35. The number of nitrogens with two attached hydrogens (primary N) is 1. The third-order valence-electron chi connectivity index (χ3n) is 2.15. The van der Waals surface area contributed by atoms with Crippen molar-refractivity contribution in [2.24, 2.45) is 0 Å². The number of anilines is 1. The Morgan fingerprint density at radius 2 is 2.12 bits per heavy atom. The number of nitrogen functional groups attached to an aromatic ring is 1. The van der Waals surface area contributed by atoms with Crippen molar-refractivity contribution in [3.63, 3.8) is 0 Å². The highest BCUT2D eigenvalue weighted by Crippen LogP contribution is 2.38. The summed E-state index contributed by atoms with van der Waals surface area (Å²) in [5, 5.41) is 7.65. The highest BCUT2D eigenvalue weighted by atomic mass is 35.5. The van der Waals surface area contributed by atoms with Gasteiger partial charge in [0.25, 0.3) is 0 Å². The fraction of sp³-hybridized carbons (Fsp3) is 0.100. The lowest BCUT2D eigenvalue weighted by Gasteiger charge is -2.05. The van der Waals surface area contributed by atoms with E-state index >= 15 is 0 Å². The Bertz CT molecular complexity index is 525. The van der Waals surface area contributed by atoms with Crippen LogP contribution in [0.25, 0.3) is 11.1 Å². The molecule has 0 saturated heterocycles. The van der Waals surface area contributed by atoms with Crippen LogP contribution in [-0.4, -0.2) is 17.3 Å². The molecule has 0 fully saturated rings. The third-order valence-corrected chi connectivity index (χ3v) is 2.72. The lowest BCUT2D eigenvalue weighted by Crippen LogP contribution is -1.90. The summed E-state index contributed by atoms with van der Waals surface area (Å²) in [6, 6.07) is 5.12. The van der Waals surface area contributed by atoms with Crippen LogP contribution in [0.4, 0.5) is 5.82 Å². The first-order valence-corrected chi connectivity index (χ1v) is 5.22. The highest BCUT2D eigenvalue weighted by Gasteiger charge is 2.16. The Labute approximate surface area is 102 Å². The van der Waals surface area contributed by atoms with Crippen LogP contribution in [0.3, 0.4) is 0 Å². The van der Waals surface area contributed by atoms with E-state index in [4.69, 9.17) is 33.7 Å². The van der Waals surface area contributed by atoms with E-state index < -0.39 is 0 Å². The minimum Gasteiger partial charge on any atom is -0.479 e. The topological polar surface area (TPSA) is 63.9 Å². The van der Waals surface area contributed by atoms with Crippen molar-refractivity contribution < 1.29 is 4.74 Å². The van der Waals surface area contributed by atoms with Gasteiger partial charge in [-0.25, -0.2) is 0 Å². The summed E-state index contributed by atoms with van der Waals surface area (Å²) < 4.78 is 5.09. The van der Waals surface area contributed by atoms with Crippen molar-refractivity contribution in [3.8, 4) is 17.0 Å². The molecule has 0 aliphatic rings. The van der Waals surface area contributed by atoms with Gasteiger partial charge < -0.3 is 10.5 Å². The van der Waals surface area contributed by atoms with Crippen LogP contribution in [0, 0.1) is 0 Å². The van der Waals surface area contributed by atoms with Gasteiger partial charge in [0.05, 0.1) is 12.7 Å². The molecule has 0 bridgehead atoms. The quantitative estimate of drug-likeness (QED) is 0.870. The molecule has 0 spiro atoms. The van der Waals surface area contributed by atoms with Crippen LogP contribution in [0.5, 0.6) is 5.88 Å². The summed E-state index contributed by atoms with van der Waals surface area (Å²) in [7, 11) is 1.51. The van der Waals surface area contributed by atoms with E-state index in [0.717, 1.165) is 0 Å². The predicted molar refractivity (Wildman–Crippen MR) is 65.0 cm³/mol. The maximum atomic E-state index is 6.08. The maximum absolute atomic E-state index is 6.08. The normalized spacial score (nSPS) is 10.4. The molecule has 1 aromatic heterocycles. The standard InChI is InChI=1S/C10H9Cl2N3O/c1-16-10-8(9(13)14-15-10)6-4-5(11)2-3-7(6)12/h2-4H,1H3,(H3,13,14,15). The number of hydrogen-bond donors (Lipinski definition) is 2. The van der Waals surface area contributed by atoms with Gasteiger partial charge in [-0.2, -0.15) is 0 Å². The molecule has 3 N–H and O–H groups in total. The van der Waals surface area contributed by atoms with E-state index in [1.807, 2.05) is 0 Å². The second-order valence-corrected chi connectivity index (χ2v) is 3.99. The lowest BCUT2D eigenvalue weighted by atomic mass is 10.1. The molecule has 1 heterocycles. The molecule has 16 heavy (non-hydrogen) atoms. The Kier molecular flexibility index (Phi) is 2.94. The van der Waals surface area contributed by atoms with Gasteiger partial charge in [-0.1, -0.05) is 23.2 Å². The number of ether oxygens (including phenoxy) is 1. The molecule has 6 heteroatoms. The fourth-order valence-electron chi connectivity index (χ4n) is 1.44. The van der Waals surface area contributed by atoms with Crippen LogP contribution >= 0.6 is 23.2 Å². The van der Waals surface area contributed by atoms with Crippen molar-refractivity contribution in [2.45, 2.75) is 0 Å². The largest absolute Gasteiger partial charge is 0.479 e. The summed E-state index contributed by atoms with van der Waals surface area (Å²) in [5.41, 5.74) is 7.08. The fourth-order valence-corrected chi connectivity index (χ4v) is 1.82. The molecule has 4 nitrogen and oxygen atoms in total. The smallest absolute Gasteiger partial charge is 0.242 e. The zero-order chi connectivity index (χ0) is 11.7. The van der Waals surface area contributed by atoms with E-state index in [1.54, 1.807) is 18.2 Å². The predicted octanol–water partition coefficient (Wildman–Crippen LogP) is 2.97. The number of aromatic amines is 1. The van der Waals surface area contributed by atoms with E-state index in [-0.39, 0.29) is 0 Å². The second kappa shape index (κ2) is 4.23. The summed E-state index contributed by atoms with van der Waals surface area (Å²) in [6.07, 6.45) is 0. The van der Waals surface area contributed by atoms with Crippen LogP contribution in [0.1, 0.15) is 0 Å². The number of aromatic nitrogens is 2. The molecule has 2 aromatic rings. The third kappa shape index (κ3) is 1.81. The van der Waals surface area contributed by atoms with E-state index in [2.05, 4.69) is 10.2 Å². The van der Waals surface area contributed by atoms with Crippen LogP contribution in [0.2, 0.25) is 10.0 Å². The average molecular weight is 258 g/mol. The minimum atomic E-state index is 0.390. The number of nitrogens with zero attached hydrogens (tertiary/aromatic N) is 1. The van der Waals surface area contributed by atoms with Crippen LogP contribution in [0.15, 0.2) is 18.2 Å². The summed E-state index contributed by atoms with van der Waals surface area (Å²) in [6.45, 7) is 0. The Hall–Kier alpha value is -1.39. The van der Waals surface area contributed by atoms with Gasteiger partial charge in [0.1, 0.15) is 5.82 Å². The Morgan fingerprint density at radius 1 is 1.38 bits per heavy atom. The van der Waals surface area contributed by atoms with Gasteiger partial charge >= 0.3 is 0 Å².